The molecule has 150 valence electrons. The summed E-state index contributed by atoms with van der Waals surface area (Å²) in [5.74, 6) is -1.95. The average Bonchev–Trinajstić information content (AvgIpc) is 3.20. The molecule has 2 amide bonds. The highest BCUT2D eigenvalue weighted by Crippen LogP contribution is 2.27. The van der Waals surface area contributed by atoms with Crippen molar-refractivity contribution in [3.8, 4) is 5.75 Å². The SMILES string of the molecule is O=C(NCCOc1ccc(F)cc1F)NC(c1ccc(F)cc1)C1CCCO1. The van der Waals surface area contributed by atoms with Crippen LogP contribution in [-0.2, 0) is 4.74 Å². The van der Waals surface area contributed by atoms with Crippen molar-refractivity contribution in [1.29, 1.82) is 0 Å². The zero-order valence-corrected chi connectivity index (χ0v) is 15.1. The van der Waals surface area contributed by atoms with Gasteiger partial charge in [-0.2, -0.15) is 0 Å². The van der Waals surface area contributed by atoms with Gasteiger partial charge in [0.25, 0.3) is 0 Å². The molecule has 2 unspecified atom stereocenters. The van der Waals surface area contributed by atoms with Gasteiger partial charge in [-0.25, -0.2) is 18.0 Å². The lowest BCUT2D eigenvalue weighted by molar-refractivity contribution is 0.0807. The van der Waals surface area contributed by atoms with Crippen LogP contribution in [0.25, 0.3) is 0 Å². The predicted molar refractivity (Wildman–Crippen MR) is 96.5 cm³/mol. The molecule has 8 heteroatoms. The first-order chi connectivity index (χ1) is 13.5. The summed E-state index contributed by atoms with van der Waals surface area (Å²) in [6.45, 7) is 0.740. The van der Waals surface area contributed by atoms with Crippen molar-refractivity contribution in [2.24, 2.45) is 0 Å². The zero-order chi connectivity index (χ0) is 19.9. The molecule has 0 aromatic heterocycles. The smallest absolute Gasteiger partial charge is 0.315 e. The number of halogens is 3. The molecule has 1 aliphatic rings. The fourth-order valence-electron chi connectivity index (χ4n) is 3.04. The van der Waals surface area contributed by atoms with Gasteiger partial charge in [-0.15, -0.1) is 0 Å². The van der Waals surface area contributed by atoms with Crippen molar-refractivity contribution in [3.63, 3.8) is 0 Å². The molecule has 1 aliphatic heterocycles. The highest BCUT2D eigenvalue weighted by Gasteiger charge is 2.28. The van der Waals surface area contributed by atoms with E-state index < -0.39 is 23.7 Å². The predicted octanol–water partition coefficient (Wildman–Crippen LogP) is 3.70. The van der Waals surface area contributed by atoms with Gasteiger partial charge in [0.15, 0.2) is 11.6 Å². The second-order valence-corrected chi connectivity index (χ2v) is 6.40. The maximum Gasteiger partial charge on any atom is 0.315 e. The van der Waals surface area contributed by atoms with Gasteiger partial charge in [-0.1, -0.05) is 12.1 Å². The Morgan fingerprint density at radius 2 is 1.89 bits per heavy atom. The van der Waals surface area contributed by atoms with E-state index in [1.807, 2.05) is 0 Å². The Hall–Kier alpha value is -2.74. The van der Waals surface area contributed by atoms with Crippen LogP contribution in [-0.4, -0.2) is 31.9 Å². The lowest BCUT2D eigenvalue weighted by Gasteiger charge is -2.25. The van der Waals surface area contributed by atoms with E-state index in [0.717, 1.165) is 30.5 Å². The number of urea groups is 1. The third kappa shape index (κ3) is 5.39. The van der Waals surface area contributed by atoms with Crippen LogP contribution in [0.1, 0.15) is 24.4 Å². The molecule has 1 fully saturated rings. The second kappa shape index (κ2) is 9.45. The van der Waals surface area contributed by atoms with Crippen molar-refractivity contribution in [2.45, 2.75) is 25.0 Å². The summed E-state index contributed by atoms with van der Waals surface area (Å²) in [4.78, 5) is 12.2. The third-order valence-electron chi connectivity index (χ3n) is 4.39. The van der Waals surface area contributed by atoms with Crippen LogP contribution in [0.4, 0.5) is 18.0 Å². The van der Waals surface area contributed by atoms with Crippen molar-refractivity contribution < 1.29 is 27.4 Å². The van der Waals surface area contributed by atoms with Crippen LogP contribution in [0.3, 0.4) is 0 Å². The Morgan fingerprint density at radius 3 is 2.57 bits per heavy atom. The third-order valence-corrected chi connectivity index (χ3v) is 4.39. The van der Waals surface area contributed by atoms with Crippen molar-refractivity contribution in [3.05, 3.63) is 65.5 Å². The normalized spacial score (nSPS) is 17.2. The van der Waals surface area contributed by atoms with Gasteiger partial charge in [0.1, 0.15) is 18.2 Å². The Balaban J connectivity index is 1.51. The number of hydrogen-bond acceptors (Lipinski definition) is 3. The van der Waals surface area contributed by atoms with Crippen LogP contribution < -0.4 is 15.4 Å². The van der Waals surface area contributed by atoms with E-state index in [2.05, 4.69) is 10.6 Å². The molecule has 3 rings (SSSR count). The van der Waals surface area contributed by atoms with Gasteiger partial charge in [-0.05, 0) is 42.7 Å². The Morgan fingerprint density at radius 1 is 1.14 bits per heavy atom. The molecule has 2 aromatic carbocycles. The molecule has 0 spiro atoms. The summed E-state index contributed by atoms with van der Waals surface area (Å²) in [5, 5.41) is 5.45. The molecule has 0 bridgehead atoms. The molecule has 2 atom stereocenters. The number of rotatable bonds is 7. The number of amides is 2. The summed E-state index contributed by atoms with van der Waals surface area (Å²) in [6.07, 6.45) is 1.48. The van der Waals surface area contributed by atoms with Crippen LogP contribution in [0.5, 0.6) is 5.75 Å². The van der Waals surface area contributed by atoms with Gasteiger partial charge in [0, 0.05) is 12.7 Å². The fourth-order valence-corrected chi connectivity index (χ4v) is 3.04. The van der Waals surface area contributed by atoms with Gasteiger partial charge >= 0.3 is 6.03 Å². The quantitative estimate of drug-likeness (QED) is 0.704. The second-order valence-electron chi connectivity index (χ2n) is 6.40. The van der Waals surface area contributed by atoms with Crippen molar-refractivity contribution in [2.75, 3.05) is 19.8 Å². The first-order valence-electron chi connectivity index (χ1n) is 9.02. The molecule has 1 saturated heterocycles. The number of ether oxygens (including phenoxy) is 2. The molecule has 1 heterocycles. The monoisotopic (exact) mass is 394 g/mol. The minimum atomic E-state index is -0.806. The highest BCUT2D eigenvalue weighted by atomic mass is 19.1. The lowest BCUT2D eigenvalue weighted by Crippen LogP contribution is -2.43. The van der Waals surface area contributed by atoms with Crippen LogP contribution in [0.15, 0.2) is 42.5 Å². The standard InChI is InChI=1S/C20H21F3N2O3/c21-14-5-3-13(4-6-14)19(18-2-1-10-27-18)25-20(26)24-9-11-28-17-8-7-15(22)12-16(17)23/h3-8,12,18-19H,1-2,9-11H2,(H2,24,25,26). The summed E-state index contributed by atoms with van der Waals surface area (Å²) in [5.41, 5.74) is 0.744. The maximum absolute atomic E-state index is 13.5. The molecule has 2 aromatic rings. The van der Waals surface area contributed by atoms with Crippen LogP contribution in [0, 0.1) is 17.5 Å². The Labute approximate surface area is 160 Å². The van der Waals surface area contributed by atoms with Crippen LogP contribution >= 0.6 is 0 Å². The van der Waals surface area contributed by atoms with E-state index in [1.165, 1.54) is 18.2 Å². The first kappa shape index (κ1) is 20.0. The van der Waals surface area contributed by atoms with Crippen molar-refractivity contribution >= 4 is 6.03 Å². The Bertz CT molecular complexity index is 796. The minimum absolute atomic E-state index is 0.0110. The van der Waals surface area contributed by atoms with Crippen LogP contribution in [0.2, 0.25) is 0 Å². The lowest BCUT2D eigenvalue weighted by atomic mass is 9.99. The van der Waals surface area contributed by atoms with Gasteiger partial charge in [-0.3, -0.25) is 0 Å². The summed E-state index contributed by atoms with van der Waals surface area (Å²) in [7, 11) is 0. The summed E-state index contributed by atoms with van der Waals surface area (Å²) in [6, 6.07) is 8.03. The number of hydrogen-bond donors (Lipinski definition) is 2. The van der Waals surface area contributed by atoms with Gasteiger partial charge in [0.2, 0.25) is 0 Å². The van der Waals surface area contributed by atoms with E-state index in [9.17, 15) is 18.0 Å². The molecule has 2 N–H and O–H groups in total. The molecular weight excluding hydrogens is 373 g/mol. The summed E-state index contributed by atoms with van der Waals surface area (Å²) >= 11 is 0. The average molecular weight is 394 g/mol. The topological polar surface area (TPSA) is 59.6 Å². The van der Waals surface area contributed by atoms with E-state index >= 15 is 0 Å². The summed E-state index contributed by atoms with van der Waals surface area (Å²) < 4.78 is 50.4. The van der Waals surface area contributed by atoms with E-state index in [1.54, 1.807) is 12.1 Å². The van der Waals surface area contributed by atoms with Gasteiger partial charge < -0.3 is 20.1 Å². The molecule has 5 nitrogen and oxygen atoms in total. The minimum Gasteiger partial charge on any atom is -0.489 e. The number of carbonyl (C=O) groups excluding carboxylic acids is 1. The fraction of sp³-hybridized carbons (Fsp3) is 0.350. The van der Waals surface area contributed by atoms with Gasteiger partial charge in [0.05, 0.1) is 18.7 Å². The molecule has 28 heavy (non-hydrogen) atoms. The van der Waals surface area contributed by atoms with E-state index in [-0.39, 0.29) is 30.8 Å². The van der Waals surface area contributed by atoms with Crippen molar-refractivity contribution in [1.82, 2.24) is 10.6 Å². The number of benzene rings is 2. The van der Waals surface area contributed by atoms with E-state index in [0.29, 0.717) is 6.61 Å². The molecule has 0 saturated carbocycles. The largest absolute Gasteiger partial charge is 0.489 e. The molecule has 0 aliphatic carbocycles. The zero-order valence-electron chi connectivity index (χ0n) is 15.1. The van der Waals surface area contributed by atoms with E-state index in [4.69, 9.17) is 9.47 Å². The first-order valence-corrected chi connectivity index (χ1v) is 9.02. The Kier molecular flexibility index (Phi) is 6.76. The number of nitrogens with one attached hydrogen (secondary N) is 2. The number of carbonyl (C=O) groups is 1. The molecule has 0 radical (unpaired) electrons. The maximum atomic E-state index is 13.5. The highest BCUT2D eigenvalue weighted by molar-refractivity contribution is 5.74. The molecular formula is C20H21F3N2O3.